The summed E-state index contributed by atoms with van der Waals surface area (Å²) >= 11 is 5.93. The smallest absolute Gasteiger partial charge is 0.313 e. The molecule has 0 aromatic heterocycles. The Labute approximate surface area is 139 Å². The van der Waals surface area contributed by atoms with Crippen molar-refractivity contribution in [1.82, 2.24) is 5.32 Å². The van der Waals surface area contributed by atoms with Crippen molar-refractivity contribution in [2.24, 2.45) is 0 Å². The van der Waals surface area contributed by atoms with Gasteiger partial charge in [0.2, 0.25) is 0 Å². The number of hydrogen-bond acceptors (Lipinski definition) is 3. The van der Waals surface area contributed by atoms with Gasteiger partial charge in [0, 0.05) is 6.54 Å². The molecule has 6 heteroatoms. The Hall–Kier alpha value is -2.53. The molecule has 0 saturated carbocycles. The Morgan fingerprint density at radius 3 is 2.39 bits per heavy atom. The van der Waals surface area contributed by atoms with Crippen molar-refractivity contribution in [1.29, 1.82) is 0 Å². The highest BCUT2D eigenvalue weighted by Crippen LogP contribution is 2.20. The molecule has 2 aromatic rings. The molecule has 2 N–H and O–H groups in total. The molecule has 0 fully saturated rings. The second-order valence-corrected chi connectivity index (χ2v) is 5.10. The fourth-order valence-corrected chi connectivity index (χ4v) is 2.06. The van der Waals surface area contributed by atoms with Crippen LogP contribution in [0.2, 0.25) is 5.02 Å². The van der Waals surface area contributed by atoms with Crippen molar-refractivity contribution >= 4 is 29.1 Å². The Kier molecular flexibility index (Phi) is 6.00. The number of para-hydroxylation sites is 1. The lowest BCUT2D eigenvalue weighted by atomic mass is 10.2. The van der Waals surface area contributed by atoms with E-state index in [9.17, 15) is 9.59 Å². The number of rotatable bonds is 5. The van der Waals surface area contributed by atoms with Gasteiger partial charge in [-0.15, -0.1) is 0 Å². The molecule has 2 rings (SSSR count). The average molecular weight is 333 g/mol. The maximum atomic E-state index is 11.8. The summed E-state index contributed by atoms with van der Waals surface area (Å²) < 4.78 is 5.34. The van der Waals surface area contributed by atoms with E-state index in [4.69, 9.17) is 16.3 Å². The summed E-state index contributed by atoms with van der Waals surface area (Å²) in [6.45, 7) is 2.76. The molecule has 0 atom stereocenters. The lowest BCUT2D eigenvalue weighted by Crippen LogP contribution is -2.35. The monoisotopic (exact) mass is 332 g/mol. The van der Waals surface area contributed by atoms with Crippen molar-refractivity contribution < 1.29 is 14.3 Å². The molecule has 2 amide bonds. The van der Waals surface area contributed by atoms with Crippen LogP contribution in [0.15, 0.2) is 48.5 Å². The highest BCUT2D eigenvalue weighted by atomic mass is 35.5. The second kappa shape index (κ2) is 8.19. The molecule has 0 aliphatic heterocycles. The number of amides is 2. The van der Waals surface area contributed by atoms with E-state index in [1.165, 1.54) is 0 Å². The average Bonchev–Trinajstić information content (AvgIpc) is 2.56. The van der Waals surface area contributed by atoms with Gasteiger partial charge in [-0.05, 0) is 36.8 Å². The minimum atomic E-state index is -0.760. The predicted molar refractivity (Wildman–Crippen MR) is 89.5 cm³/mol. The molecule has 0 radical (unpaired) electrons. The van der Waals surface area contributed by atoms with E-state index in [1.54, 1.807) is 24.3 Å². The largest absolute Gasteiger partial charge is 0.494 e. The molecule has 0 bridgehead atoms. The zero-order valence-electron chi connectivity index (χ0n) is 12.6. The molecular formula is C17H17ClN2O3. The first kappa shape index (κ1) is 16.8. The van der Waals surface area contributed by atoms with Gasteiger partial charge in [0.1, 0.15) is 5.75 Å². The summed E-state index contributed by atoms with van der Waals surface area (Å²) in [7, 11) is 0. The second-order valence-electron chi connectivity index (χ2n) is 4.69. The highest BCUT2D eigenvalue weighted by Gasteiger charge is 2.14. The first-order valence-electron chi connectivity index (χ1n) is 7.15. The Morgan fingerprint density at radius 2 is 1.74 bits per heavy atom. The lowest BCUT2D eigenvalue weighted by molar-refractivity contribution is -0.136. The topological polar surface area (TPSA) is 67.4 Å². The molecule has 0 aliphatic rings. The van der Waals surface area contributed by atoms with Crippen LogP contribution in [-0.4, -0.2) is 18.4 Å². The molecule has 2 aromatic carbocycles. The number of halogens is 1. The van der Waals surface area contributed by atoms with Crippen molar-refractivity contribution in [2.45, 2.75) is 13.5 Å². The van der Waals surface area contributed by atoms with E-state index in [-0.39, 0.29) is 6.54 Å². The lowest BCUT2D eigenvalue weighted by Gasteiger charge is -2.08. The van der Waals surface area contributed by atoms with E-state index in [2.05, 4.69) is 10.6 Å². The Balaban J connectivity index is 1.86. The first-order chi connectivity index (χ1) is 11.1. The molecule has 0 aliphatic carbocycles. The quantitative estimate of drug-likeness (QED) is 0.827. The van der Waals surface area contributed by atoms with E-state index in [0.717, 1.165) is 11.3 Å². The van der Waals surface area contributed by atoms with Gasteiger partial charge in [-0.2, -0.15) is 0 Å². The molecular weight excluding hydrogens is 316 g/mol. The molecule has 0 unspecified atom stereocenters. The van der Waals surface area contributed by atoms with Crippen LogP contribution in [0, 0.1) is 0 Å². The van der Waals surface area contributed by atoms with Gasteiger partial charge in [0.15, 0.2) is 0 Å². The van der Waals surface area contributed by atoms with Crippen LogP contribution in [0.25, 0.3) is 0 Å². The number of benzene rings is 2. The molecule has 0 heterocycles. The standard InChI is InChI=1S/C17H17ClN2O3/c1-2-23-13-9-7-12(8-10-13)11-19-16(21)17(22)20-15-6-4-3-5-14(15)18/h3-10H,2,11H2,1H3,(H,19,21)(H,20,22). The summed E-state index contributed by atoms with van der Waals surface area (Å²) in [5.41, 5.74) is 1.27. The van der Waals surface area contributed by atoms with Gasteiger partial charge in [0.05, 0.1) is 17.3 Å². The van der Waals surface area contributed by atoms with Gasteiger partial charge >= 0.3 is 11.8 Å². The molecule has 0 spiro atoms. The van der Waals surface area contributed by atoms with Crippen LogP contribution in [0.3, 0.4) is 0 Å². The number of ether oxygens (including phenoxy) is 1. The summed E-state index contributed by atoms with van der Waals surface area (Å²) in [5, 5.41) is 5.40. The SMILES string of the molecule is CCOc1ccc(CNC(=O)C(=O)Nc2ccccc2Cl)cc1. The summed E-state index contributed by atoms with van der Waals surface area (Å²) in [6.07, 6.45) is 0. The third kappa shape index (κ3) is 5.00. The normalized spacial score (nSPS) is 10.0. The minimum absolute atomic E-state index is 0.251. The Morgan fingerprint density at radius 1 is 1.04 bits per heavy atom. The maximum Gasteiger partial charge on any atom is 0.313 e. The van der Waals surface area contributed by atoms with Gasteiger partial charge in [0.25, 0.3) is 0 Å². The summed E-state index contributed by atoms with van der Waals surface area (Å²) in [5.74, 6) is -0.720. The van der Waals surface area contributed by atoms with E-state index < -0.39 is 11.8 Å². The van der Waals surface area contributed by atoms with Gasteiger partial charge in [-0.3, -0.25) is 9.59 Å². The van der Waals surface area contributed by atoms with Gasteiger partial charge in [-0.25, -0.2) is 0 Å². The van der Waals surface area contributed by atoms with Crippen LogP contribution in [0.5, 0.6) is 5.75 Å². The van der Waals surface area contributed by atoms with Gasteiger partial charge < -0.3 is 15.4 Å². The van der Waals surface area contributed by atoms with Crippen LogP contribution in [0.4, 0.5) is 5.69 Å². The fraction of sp³-hybridized carbons (Fsp3) is 0.176. The van der Waals surface area contributed by atoms with Crippen LogP contribution >= 0.6 is 11.6 Å². The van der Waals surface area contributed by atoms with E-state index >= 15 is 0 Å². The third-order valence-electron chi connectivity index (χ3n) is 3.02. The number of carbonyl (C=O) groups excluding carboxylic acids is 2. The third-order valence-corrected chi connectivity index (χ3v) is 3.35. The number of nitrogens with one attached hydrogen (secondary N) is 2. The molecule has 120 valence electrons. The molecule has 0 saturated heterocycles. The fourth-order valence-electron chi connectivity index (χ4n) is 1.87. The zero-order chi connectivity index (χ0) is 16.7. The maximum absolute atomic E-state index is 11.8. The first-order valence-corrected chi connectivity index (χ1v) is 7.53. The summed E-state index contributed by atoms with van der Waals surface area (Å²) in [6, 6.07) is 14.0. The Bertz CT molecular complexity index is 686. The van der Waals surface area contributed by atoms with E-state index in [1.807, 2.05) is 31.2 Å². The summed E-state index contributed by atoms with van der Waals surface area (Å²) in [4.78, 5) is 23.6. The van der Waals surface area contributed by atoms with Crippen molar-refractivity contribution in [3.8, 4) is 5.75 Å². The number of carbonyl (C=O) groups is 2. The highest BCUT2D eigenvalue weighted by molar-refractivity contribution is 6.41. The molecule has 23 heavy (non-hydrogen) atoms. The zero-order valence-corrected chi connectivity index (χ0v) is 13.4. The predicted octanol–water partition coefficient (Wildman–Crippen LogP) is 2.99. The van der Waals surface area contributed by atoms with Crippen molar-refractivity contribution in [3.05, 3.63) is 59.1 Å². The van der Waals surface area contributed by atoms with Crippen molar-refractivity contribution in [3.63, 3.8) is 0 Å². The van der Waals surface area contributed by atoms with Crippen molar-refractivity contribution in [2.75, 3.05) is 11.9 Å². The van der Waals surface area contributed by atoms with E-state index in [0.29, 0.717) is 17.3 Å². The van der Waals surface area contributed by atoms with Crippen LogP contribution in [0.1, 0.15) is 12.5 Å². The van der Waals surface area contributed by atoms with Crippen LogP contribution < -0.4 is 15.4 Å². The van der Waals surface area contributed by atoms with Crippen LogP contribution in [-0.2, 0) is 16.1 Å². The number of anilines is 1. The van der Waals surface area contributed by atoms with Gasteiger partial charge in [-0.1, -0.05) is 35.9 Å². The molecule has 5 nitrogen and oxygen atoms in total. The number of hydrogen-bond donors (Lipinski definition) is 2. The minimum Gasteiger partial charge on any atom is -0.494 e.